The average molecular weight is 191 g/mol. The van der Waals surface area contributed by atoms with Crippen LogP contribution < -0.4 is 0 Å². The molecule has 1 rings (SSSR count). The molecule has 1 nitrogen and oxygen atoms in total. The normalized spacial score (nSPS) is 10.9. The van der Waals surface area contributed by atoms with Gasteiger partial charge < -0.3 is 0 Å². The van der Waals surface area contributed by atoms with Crippen molar-refractivity contribution in [3.63, 3.8) is 0 Å². The van der Waals surface area contributed by atoms with Crippen molar-refractivity contribution >= 4 is 0 Å². The zero-order chi connectivity index (χ0) is 10.6. The van der Waals surface area contributed by atoms with Crippen molar-refractivity contribution in [3.05, 3.63) is 34.9 Å². The minimum atomic E-state index is 1.08. The SMILES string of the molecule is CCN(CC)Cc1cc(C)ccc1C. The van der Waals surface area contributed by atoms with E-state index >= 15 is 0 Å². The van der Waals surface area contributed by atoms with Gasteiger partial charge in [-0.3, -0.25) is 4.90 Å². The molecule has 0 N–H and O–H groups in total. The maximum atomic E-state index is 2.45. The van der Waals surface area contributed by atoms with Crippen molar-refractivity contribution < 1.29 is 0 Å². The summed E-state index contributed by atoms with van der Waals surface area (Å²) in [6, 6.07) is 6.70. The second-order valence-electron chi connectivity index (χ2n) is 3.89. The van der Waals surface area contributed by atoms with Gasteiger partial charge in [0.05, 0.1) is 0 Å². The Kier molecular flexibility index (Phi) is 4.15. The highest BCUT2D eigenvalue weighted by Gasteiger charge is 2.03. The smallest absolute Gasteiger partial charge is 0.0236 e. The van der Waals surface area contributed by atoms with Gasteiger partial charge in [0.15, 0.2) is 0 Å². The Balaban J connectivity index is 2.79. The number of rotatable bonds is 4. The van der Waals surface area contributed by atoms with E-state index in [2.05, 4.69) is 50.8 Å². The molecule has 0 heterocycles. The zero-order valence-corrected chi connectivity index (χ0v) is 9.80. The molecule has 0 aliphatic carbocycles. The molecular formula is C13H21N. The van der Waals surface area contributed by atoms with E-state index < -0.39 is 0 Å². The highest BCUT2D eigenvalue weighted by atomic mass is 15.1. The van der Waals surface area contributed by atoms with Crippen molar-refractivity contribution in [3.8, 4) is 0 Å². The van der Waals surface area contributed by atoms with Gasteiger partial charge in [-0.1, -0.05) is 37.6 Å². The van der Waals surface area contributed by atoms with Crippen LogP contribution in [-0.4, -0.2) is 18.0 Å². The third-order valence-corrected chi connectivity index (χ3v) is 2.79. The molecule has 0 atom stereocenters. The summed E-state index contributed by atoms with van der Waals surface area (Å²) in [7, 11) is 0. The minimum absolute atomic E-state index is 1.08. The number of nitrogens with zero attached hydrogens (tertiary/aromatic N) is 1. The van der Waals surface area contributed by atoms with Crippen LogP contribution >= 0.6 is 0 Å². The molecule has 0 aromatic heterocycles. The maximum Gasteiger partial charge on any atom is 0.0236 e. The predicted octanol–water partition coefficient (Wildman–Crippen LogP) is 3.15. The molecule has 0 saturated carbocycles. The molecule has 1 heteroatoms. The molecule has 14 heavy (non-hydrogen) atoms. The summed E-state index contributed by atoms with van der Waals surface area (Å²) < 4.78 is 0. The van der Waals surface area contributed by atoms with Crippen LogP contribution in [0, 0.1) is 13.8 Å². The van der Waals surface area contributed by atoms with Crippen molar-refractivity contribution in [2.75, 3.05) is 13.1 Å². The number of aryl methyl sites for hydroxylation is 2. The van der Waals surface area contributed by atoms with Crippen LogP contribution in [0.1, 0.15) is 30.5 Å². The highest BCUT2D eigenvalue weighted by Crippen LogP contribution is 2.12. The molecule has 0 aliphatic heterocycles. The van der Waals surface area contributed by atoms with Gasteiger partial charge in [0.25, 0.3) is 0 Å². The van der Waals surface area contributed by atoms with Crippen LogP contribution in [0.5, 0.6) is 0 Å². The fourth-order valence-corrected chi connectivity index (χ4v) is 1.66. The fourth-order valence-electron chi connectivity index (χ4n) is 1.66. The van der Waals surface area contributed by atoms with E-state index in [1.54, 1.807) is 0 Å². The average Bonchev–Trinajstić information content (AvgIpc) is 2.19. The van der Waals surface area contributed by atoms with E-state index in [9.17, 15) is 0 Å². The molecule has 1 aromatic rings. The largest absolute Gasteiger partial charge is 0.300 e. The van der Waals surface area contributed by atoms with Crippen LogP contribution in [0.25, 0.3) is 0 Å². The van der Waals surface area contributed by atoms with Crippen LogP contribution in [0.15, 0.2) is 18.2 Å². The Morgan fingerprint density at radius 3 is 2.29 bits per heavy atom. The second-order valence-corrected chi connectivity index (χ2v) is 3.89. The van der Waals surface area contributed by atoms with Gasteiger partial charge >= 0.3 is 0 Å². The molecule has 0 radical (unpaired) electrons. The predicted molar refractivity (Wildman–Crippen MR) is 62.5 cm³/mol. The first-order chi connectivity index (χ1) is 6.67. The fraction of sp³-hybridized carbons (Fsp3) is 0.538. The topological polar surface area (TPSA) is 3.24 Å². The van der Waals surface area contributed by atoms with E-state index in [1.165, 1.54) is 16.7 Å². The standard InChI is InChI=1S/C13H21N/c1-5-14(6-2)10-13-9-11(3)7-8-12(13)4/h7-9H,5-6,10H2,1-4H3. The van der Waals surface area contributed by atoms with Crippen molar-refractivity contribution in [1.82, 2.24) is 4.90 Å². The summed E-state index contributed by atoms with van der Waals surface area (Å²) in [6.07, 6.45) is 0. The Labute approximate surface area is 87.7 Å². The quantitative estimate of drug-likeness (QED) is 0.706. The molecule has 0 amide bonds. The lowest BCUT2D eigenvalue weighted by atomic mass is 10.1. The molecule has 0 saturated heterocycles. The van der Waals surface area contributed by atoms with Crippen molar-refractivity contribution in [1.29, 1.82) is 0 Å². The van der Waals surface area contributed by atoms with E-state index in [4.69, 9.17) is 0 Å². The number of hydrogen-bond acceptors (Lipinski definition) is 1. The Hall–Kier alpha value is -0.820. The van der Waals surface area contributed by atoms with Gasteiger partial charge in [0.1, 0.15) is 0 Å². The Morgan fingerprint density at radius 2 is 1.71 bits per heavy atom. The third-order valence-electron chi connectivity index (χ3n) is 2.79. The first kappa shape index (κ1) is 11.3. The van der Waals surface area contributed by atoms with Crippen molar-refractivity contribution in [2.45, 2.75) is 34.2 Å². The molecule has 1 aromatic carbocycles. The first-order valence-corrected chi connectivity index (χ1v) is 5.45. The summed E-state index contributed by atoms with van der Waals surface area (Å²) in [5, 5.41) is 0. The van der Waals surface area contributed by atoms with Crippen LogP contribution in [-0.2, 0) is 6.54 Å². The van der Waals surface area contributed by atoms with Crippen LogP contribution in [0.3, 0.4) is 0 Å². The van der Waals surface area contributed by atoms with Gasteiger partial charge in [-0.25, -0.2) is 0 Å². The maximum absolute atomic E-state index is 2.45. The Bertz CT molecular complexity index is 287. The molecule has 0 bridgehead atoms. The molecule has 0 unspecified atom stereocenters. The van der Waals surface area contributed by atoms with E-state index in [-0.39, 0.29) is 0 Å². The lowest BCUT2D eigenvalue weighted by Gasteiger charge is -2.19. The first-order valence-electron chi connectivity index (χ1n) is 5.45. The van der Waals surface area contributed by atoms with E-state index in [0.29, 0.717) is 0 Å². The summed E-state index contributed by atoms with van der Waals surface area (Å²) in [4.78, 5) is 2.45. The summed E-state index contributed by atoms with van der Waals surface area (Å²) in [6.45, 7) is 12.1. The highest BCUT2D eigenvalue weighted by molar-refractivity contribution is 5.30. The van der Waals surface area contributed by atoms with Gasteiger partial charge in [-0.05, 0) is 38.1 Å². The van der Waals surface area contributed by atoms with E-state index in [1.807, 2.05) is 0 Å². The van der Waals surface area contributed by atoms with E-state index in [0.717, 1.165) is 19.6 Å². The van der Waals surface area contributed by atoms with Crippen molar-refractivity contribution in [2.24, 2.45) is 0 Å². The summed E-state index contributed by atoms with van der Waals surface area (Å²) in [5.41, 5.74) is 4.23. The molecule has 0 fully saturated rings. The molecular weight excluding hydrogens is 170 g/mol. The summed E-state index contributed by atoms with van der Waals surface area (Å²) in [5.74, 6) is 0. The molecule has 78 valence electrons. The zero-order valence-electron chi connectivity index (χ0n) is 9.80. The summed E-state index contributed by atoms with van der Waals surface area (Å²) >= 11 is 0. The number of hydrogen-bond donors (Lipinski definition) is 0. The second kappa shape index (κ2) is 5.16. The van der Waals surface area contributed by atoms with Gasteiger partial charge in [0.2, 0.25) is 0 Å². The van der Waals surface area contributed by atoms with Crippen LogP contribution in [0.4, 0.5) is 0 Å². The monoisotopic (exact) mass is 191 g/mol. The Morgan fingerprint density at radius 1 is 1.07 bits per heavy atom. The number of benzene rings is 1. The van der Waals surface area contributed by atoms with Gasteiger partial charge in [0, 0.05) is 6.54 Å². The molecule has 0 aliphatic rings. The lowest BCUT2D eigenvalue weighted by molar-refractivity contribution is 0.295. The van der Waals surface area contributed by atoms with Crippen LogP contribution in [0.2, 0.25) is 0 Å². The van der Waals surface area contributed by atoms with Gasteiger partial charge in [-0.2, -0.15) is 0 Å². The molecule has 0 spiro atoms. The minimum Gasteiger partial charge on any atom is -0.300 e. The lowest BCUT2D eigenvalue weighted by Crippen LogP contribution is -2.22. The third kappa shape index (κ3) is 2.85. The van der Waals surface area contributed by atoms with Gasteiger partial charge in [-0.15, -0.1) is 0 Å².